The molecule has 1 aliphatic heterocycles. The van der Waals surface area contributed by atoms with E-state index in [1.54, 1.807) is 26.0 Å². The van der Waals surface area contributed by atoms with E-state index in [1.807, 2.05) is 48.5 Å². The highest BCUT2D eigenvalue weighted by Gasteiger charge is 2.30. The van der Waals surface area contributed by atoms with Gasteiger partial charge in [0.05, 0.1) is 17.6 Å². The van der Waals surface area contributed by atoms with Crippen LogP contribution in [-0.2, 0) is 14.9 Å². The fraction of sp³-hybridized carbons (Fsp3) is 0.367. The first-order valence-electron chi connectivity index (χ1n) is 12.3. The van der Waals surface area contributed by atoms with Gasteiger partial charge in [-0.3, -0.25) is 4.79 Å². The molecule has 1 heterocycles. The third-order valence-electron chi connectivity index (χ3n) is 7.05. The number of nitrogens with zero attached hydrogens (tertiary/aromatic N) is 1. The summed E-state index contributed by atoms with van der Waals surface area (Å²) < 4.78 is 6.63. The largest absolute Gasteiger partial charge is 0.481 e. The van der Waals surface area contributed by atoms with Gasteiger partial charge in [0, 0.05) is 19.6 Å². The topological polar surface area (TPSA) is 70.0 Å². The Bertz CT molecular complexity index is 1030. The van der Waals surface area contributed by atoms with Crippen LogP contribution in [0, 0.1) is 0 Å². The van der Waals surface area contributed by atoms with Gasteiger partial charge < -0.3 is 19.8 Å². The lowest BCUT2D eigenvalue weighted by atomic mass is 9.84. The van der Waals surface area contributed by atoms with Crippen LogP contribution in [0.15, 0.2) is 84.9 Å². The number of ether oxygens (including phenoxy) is 1. The molecule has 0 amide bonds. The number of carboxylic acids is 1. The molecule has 0 aromatic heterocycles. The molecule has 1 fully saturated rings. The molecule has 2 N–H and O–H groups in total. The lowest BCUT2D eigenvalue weighted by Gasteiger charge is -2.35. The first-order valence-corrected chi connectivity index (χ1v) is 12.3. The number of hydrogen-bond donors (Lipinski definition) is 2. The summed E-state index contributed by atoms with van der Waals surface area (Å²) in [5.41, 5.74) is 2.90. The van der Waals surface area contributed by atoms with E-state index in [0.29, 0.717) is 6.54 Å². The molecule has 0 saturated carbocycles. The van der Waals surface area contributed by atoms with Gasteiger partial charge in [0.15, 0.2) is 0 Å². The quantitative estimate of drug-likeness (QED) is 0.438. The van der Waals surface area contributed by atoms with E-state index in [4.69, 9.17) is 4.74 Å². The van der Waals surface area contributed by atoms with E-state index in [2.05, 4.69) is 29.2 Å². The van der Waals surface area contributed by atoms with E-state index >= 15 is 0 Å². The zero-order valence-electron chi connectivity index (χ0n) is 20.5. The second-order valence-electron chi connectivity index (χ2n) is 9.91. The van der Waals surface area contributed by atoms with E-state index in [-0.39, 0.29) is 12.2 Å². The van der Waals surface area contributed by atoms with Crippen molar-refractivity contribution in [1.82, 2.24) is 4.90 Å². The first kappa shape index (κ1) is 25.1. The number of hydrogen-bond acceptors (Lipinski definition) is 4. The number of piperidine rings is 1. The van der Waals surface area contributed by atoms with Crippen molar-refractivity contribution < 1.29 is 19.7 Å². The van der Waals surface area contributed by atoms with E-state index < -0.39 is 17.5 Å². The van der Waals surface area contributed by atoms with Crippen molar-refractivity contribution in [1.29, 1.82) is 0 Å². The highest BCUT2D eigenvalue weighted by atomic mass is 16.5. The number of carboxylic acid groups (broad SMARTS) is 1. The maximum absolute atomic E-state index is 11.5. The van der Waals surface area contributed by atoms with Gasteiger partial charge in [0.25, 0.3) is 0 Å². The van der Waals surface area contributed by atoms with Crippen molar-refractivity contribution in [3.8, 4) is 0 Å². The molecule has 35 heavy (non-hydrogen) atoms. The normalized spacial score (nSPS) is 16.3. The Morgan fingerprint density at radius 3 is 1.89 bits per heavy atom. The maximum atomic E-state index is 11.5. The number of rotatable bonds is 9. The van der Waals surface area contributed by atoms with Gasteiger partial charge in [-0.05, 0) is 48.9 Å². The Labute approximate surface area is 208 Å². The summed E-state index contributed by atoms with van der Waals surface area (Å²) in [5.74, 6) is -0.863. The van der Waals surface area contributed by atoms with Crippen LogP contribution in [0.4, 0.5) is 0 Å². The Balaban J connectivity index is 1.33. The predicted octanol–water partition coefficient (Wildman–Crippen LogP) is 5.35. The summed E-state index contributed by atoms with van der Waals surface area (Å²) in [6, 6.07) is 28.0. The number of carbonyl (C=O) groups is 1. The second kappa shape index (κ2) is 11.2. The highest BCUT2D eigenvalue weighted by Crippen LogP contribution is 2.31. The molecule has 0 bridgehead atoms. The molecule has 3 aromatic carbocycles. The molecule has 1 saturated heterocycles. The minimum absolute atomic E-state index is 0.0897. The number of aliphatic hydroxyl groups is 1. The molecule has 0 radical (unpaired) electrons. The van der Waals surface area contributed by atoms with Crippen molar-refractivity contribution in [3.63, 3.8) is 0 Å². The van der Waals surface area contributed by atoms with Gasteiger partial charge in [-0.15, -0.1) is 0 Å². The van der Waals surface area contributed by atoms with Crippen molar-refractivity contribution in [2.45, 2.75) is 50.4 Å². The second-order valence-corrected chi connectivity index (χ2v) is 9.91. The van der Waals surface area contributed by atoms with Gasteiger partial charge in [0.1, 0.15) is 6.10 Å². The van der Waals surface area contributed by atoms with E-state index in [1.165, 1.54) is 0 Å². The van der Waals surface area contributed by atoms with Crippen molar-refractivity contribution in [3.05, 3.63) is 107 Å². The zero-order valence-corrected chi connectivity index (χ0v) is 20.5. The minimum atomic E-state index is -0.956. The Kier molecular flexibility index (Phi) is 8.01. The average molecular weight is 474 g/mol. The molecule has 5 heteroatoms. The van der Waals surface area contributed by atoms with Crippen LogP contribution in [0.5, 0.6) is 0 Å². The van der Waals surface area contributed by atoms with Gasteiger partial charge in [-0.25, -0.2) is 0 Å². The van der Waals surface area contributed by atoms with Crippen LogP contribution >= 0.6 is 0 Å². The lowest BCUT2D eigenvalue weighted by molar-refractivity contribution is -0.142. The summed E-state index contributed by atoms with van der Waals surface area (Å²) >= 11 is 0. The molecule has 0 spiro atoms. The fourth-order valence-corrected chi connectivity index (χ4v) is 4.62. The Morgan fingerprint density at radius 2 is 1.40 bits per heavy atom. The van der Waals surface area contributed by atoms with Crippen LogP contribution in [0.25, 0.3) is 0 Å². The maximum Gasteiger partial charge on any atom is 0.313 e. The molecule has 1 unspecified atom stereocenters. The van der Waals surface area contributed by atoms with Crippen LogP contribution < -0.4 is 0 Å². The summed E-state index contributed by atoms with van der Waals surface area (Å²) in [4.78, 5) is 13.8. The number of benzene rings is 3. The summed E-state index contributed by atoms with van der Waals surface area (Å²) in [7, 11) is 0. The molecule has 4 rings (SSSR count). The van der Waals surface area contributed by atoms with Crippen LogP contribution in [0.1, 0.15) is 61.2 Å². The molecule has 3 aromatic rings. The van der Waals surface area contributed by atoms with Crippen LogP contribution in [0.3, 0.4) is 0 Å². The number of aliphatic carboxylic acids is 1. The van der Waals surface area contributed by atoms with Gasteiger partial charge in [-0.1, -0.05) is 84.9 Å². The van der Waals surface area contributed by atoms with Crippen molar-refractivity contribution in [2.75, 3.05) is 19.6 Å². The van der Waals surface area contributed by atoms with E-state index in [9.17, 15) is 15.0 Å². The molecule has 1 atom stereocenters. The monoisotopic (exact) mass is 473 g/mol. The van der Waals surface area contributed by atoms with Crippen LogP contribution in [0.2, 0.25) is 0 Å². The first-order chi connectivity index (χ1) is 16.8. The Morgan fingerprint density at radius 1 is 0.886 bits per heavy atom. The minimum Gasteiger partial charge on any atom is -0.481 e. The van der Waals surface area contributed by atoms with Crippen LogP contribution in [-0.4, -0.2) is 46.8 Å². The zero-order chi connectivity index (χ0) is 24.8. The smallest absolute Gasteiger partial charge is 0.313 e. The average Bonchev–Trinajstić information content (AvgIpc) is 2.89. The van der Waals surface area contributed by atoms with Gasteiger partial charge >= 0.3 is 5.97 Å². The molecule has 0 aliphatic carbocycles. The number of likely N-dealkylation sites (tertiary alicyclic amines) is 1. The summed E-state index contributed by atoms with van der Waals surface area (Å²) in [5, 5.41) is 20.2. The number of β-amino-alcohol motifs (C(OH)–C–C–N with tert-alkyl or cyclic N) is 1. The van der Waals surface area contributed by atoms with Crippen molar-refractivity contribution >= 4 is 5.97 Å². The molecular weight excluding hydrogens is 438 g/mol. The van der Waals surface area contributed by atoms with E-state index in [0.717, 1.165) is 48.2 Å². The third-order valence-corrected chi connectivity index (χ3v) is 7.05. The molecule has 184 valence electrons. The third kappa shape index (κ3) is 6.17. The summed E-state index contributed by atoms with van der Waals surface area (Å²) in [6.07, 6.45) is 1.28. The van der Waals surface area contributed by atoms with Crippen molar-refractivity contribution in [2.24, 2.45) is 0 Å². The lowest BCUT2D eigenvalue weighted by Crippen LogP contribution is -2.39. The number of aliphatic hydroxyl groups excluding tert-OH is 1. The summed E-state index contributed by atoms with van der Waals surface area (Å²) in [6.45, 7) is 5.65. The molecule has 5 nitrogen and oxygen atoms in total. The highest BCUT2D eigenvalue weighted by molar-refractivity contribution is 5.80. The van der Waals surface area contributed by atoms with Gasteiger partial charge in [-0.2, -0.15) is 0 Å². The molecule has 1 aliphatic rings. The predicted molar refractivity (Wildman–Crippen MR) is 137 cm³/mol. The van der Waals surface area contributed by atoms with Gasteiger partial charge in [0.2, 0.25) is 0 Å². The fourth-order valence-electron chi connectivity index (χ4n) is 4.62. The molecular formula is C30H35NO4. The Hall–Kier alpha value is -2.99. The standard InChI is InChI=1S/C30H35NO4/c1-30(2,29(33)34)25-15-13-22(14-16-25)27(32)21-31-19-17-26(18-20-31)35-28(23-9-5-3-6-10-23)24-11-7-4-8-12-24/h3-16,26-28,32H,17-21H2,1-2H3,(H,33,34). The SMILES string of the molecule is CC(C)(C(=O)O)c1ccc(C(O)CN2CCC(OC(c3ccccc3)c3ccccc3)CC2)cc1.